The number of nitrogens with one attached hydrogen (secondary N) is 2. The molecule has 0 radical (unpaired) electrons. The third kappa shape index (κ3) is 1.73. The highest BCUT2D eigenvalue weighted by molar-refractivity contribution is 5.02. The zero-order valence-corrected chi connectivity index (χ0v) is 5.58. The summed E-state index contributed by atoms with van der Waals surface area (Å²) in [6.07, 6.45) is 0. The number of hydrogen-bond acceptors (Lipinski definition) is 3. The van der Waals surface area contributed by atoms with Crippen LogP contribution in [0.5, 0.6) is 0 Å². The van der Waals surface area contributed by atoms with Gasteiger partial charge in [-0.3, -0.25) is 0 Å². The van der Waals surface area contributed by atoms with Crippen LogP contribution in [0.15, 0.2) is 11.5 Å². The molecule has 0 heterocycles. The Bertz CT molecular complexity index is 83.8. The second-order valence-electron chi connectivity index (χ2n) is 1.54. The molecule has 0 fully saturated rings. The van der Waals surface area contributed by atoms with Crippen LogP contribution in [0.25, 0.3) is 0 Å². The summed E-state index contributed by atoms with van der Waals surface area (Å²) in [6, 6.07) is 0. The first-order chi connectivity index (χ1) is 3.72. The van der Waals surface area contributed by atoms with Crippen LogP contribution < -0.4 is 16.4 Å². The number of hydrogen-bond donors (Lipinski definition) is 3. The van der Waals surface area contributed by atoms with Crippen LogP contribution >= 0.6 is 0 Å². The molecule has 0 bridgehead atoms. The Morgan fingerprint density at radius 1 is 1.25 bits per heavy atom. The molecule has 0 saturated heterocycles. The standard InChI is InChI=1S/C5H13N3/c1-4(7-2)5(6)8-3/h7-8H,6H2,1-3H3/b5-4+. The topological polar surface area (TPSA) is 50.1 Å². The summed E-state index contributed by atoms with van der Waals surface area (Å²) in [7, 11) is 3.62. The minimum atomic E-state index is 0.688. The lowest BCUT2D eigenvalue weighted by Gasteiger charge is -2.03. The van der Waals surface area contributed by atoms with Gasteiger partial charge in [-0.2, -0.15) is 0 Å². The lowest BCUT2D eigenvalue weighted by atomic mass is 10.5. The number of nitrogens with two attached hydrogens (primary N) is 1. The van der Waals surface area contributed by atoms with Gasteiger partial charge in [-0.05, 0) is 6.92 Å². The van der Waals surface area contributed by atoms with Gasteiger partial charge in [-0.15, -0.1) is 0 Å². The zero-order chi connectivity index (χ0) is 6.57. The molecule has 3 heteroatoms. The smallest absolute Gasteiger partial charge is 0.115 e. The van der Waals surface area contributed by atoms with Crippen LogP contribution in [-0.2, 0) is 0 Å². The van der Waals surface area contributed by atoms with E-state index in [-0.39, 0.29) is 0 Å². The van der Waals surface area contributed by atoms with Gasteiger partial charge in [0.15, 0.2) is 0 Å². The first kappa shape index (κ1) is 7.14. The van der Waals surface area contributed by atoms with E-state index in [0.717, 1.165) is 5.70 Å². The van der Waals surface area contributed by atoms with E-state index in [2.05, 4.69) is 10.6 Å². The van der Waals surface area contributed by atoms with E-state index < -0.39 is 0 Å². The van der Waals surface area contributed by atoms with E-state index in [1.165, 1.54) is 0 Å². The molecule has 0 aromatic carbocycles. The van der Waals surface area contributed by atoms with E-state index in [1.807, 2.05) is 14.0 Å². The maximum absolute atomic E-state index is 5.43. The van der Waals surface area contributed by atoms with Crippen molar-refractivity contribution in [3.8, 4) is 0 Å². The second-order valence-corrected chi connectivity index (χ2v) is 1.54. The fourth-order valence-corrected chi connectivity index (χ4v) is 0.322. The van der Waals surface area contributed by atoms with Crippen molar-refractivity contribution < 1.29 is 0 Å². The third-order valence-corrected chi connectivity index (χ3v) is 1.05. The Morgan fingerprint density at radius 3 is 1.88 bits per heavy atom. The Labute approximate surface area is 49.9 Å². The molecule has 8 heavy (non-hydrogen) atoms. The highest BCUT2D eigenvalue weighted by atomic mass is 15.0. The average Bonchev–Trinajstić information content (AvgIpc) is 1.84. The molecular weight excluding hydrogens is 102 g/mol. The molecule has 0 spiro atoms. The summed E-state index contributed by atoms with van der Waals surface area (Å²) in [5.41, 5.74) is 6.40. The lowest BCUT2D eigenvalue weighted by Crippen LogP contribution is -2.21. The predicted molar refractivity (Wildman–Crippen MR) is 35.0 cm³/mol. The summed E-state index contributed by atoms with van der Waals surface area (Å²) in [6.45, 7) is 1.91. The van der Waals surface area contributed by atoms with E-state index in [4.69, 9.17) is 5.73 Å². The van der Waals surface area contributed by atoms with Gasteiger partial charge >= 0.3 is 0 Å². The van der Waals surface area contributed by atoms with Gasteiger partial charge in [-0.25, -0.2) is 0 Å². The van der Waals surface area contributed by atoms with E-state index >= 15 is 0 Å². The first-order valence-corrected chi connectivity index (χ1v) is 2.54. The molecule has 0 aliphatic carbocycles. The van der Waals surface area contributed by atoms with Crippen molar-refractivity contribution in [1.82, 2.24) is 10.6 Å². The van der Waals surface area contributed by atoms with Gasteiger partial charge in [0.1, 0.15) is 5.82 Å². The Hall–Kier alpha value is -0.860. The van der Waals surface area contributed by atoms with Crippen molar-refractivity contribution >= 4 is 0 Å². The fraction of sp³-hybridized carbons (Fsp3) is 0.600. The normalized spacial score (nSPS) is 12.4. The summed E-state index contributed by atoms with van der Waals surface area (Å²) in [4.78, 5) is 0. The molecule has 0 aliphatic heterocycles. The molecule has 0 aromatic heterocycles. The first-order valence-electron chi connectivity index (χ1n) is 2.54. The van der Waals surface area contributed by atoms with Crippen molar-refractivity contribution in [2.24, 2.45) is 5.73 Å². The number of allylic oxidation sites excluding steroid dienone is 1. The highest BCUT2D eigenvalue weighted by Crippen LogP contribution is 1.84. The Kier molecular flexibility index (Phi) is 2.84. The summed E-state index contributed by atoms with van der Waals surface area (Å²) < 4.78 is 0. The maximum Gasteiger partial charge on any atom is 0.115 e. The molecule has 0 aliphatic rings. The van der Waals surface area contributed by atoms with Crippen LogP contribution in [0.2, 0.25) is 0 Å². The SMILES string of the molecule is CN/C(C)=C(\N)NC. The van der Waals surface area contributed by atoms with Gasteiger partial charge in [0.05, 0.1) is 0 Å². The van der Waals surface area contributed by atoms with Gasteiger partial charge < -0.3 is 16.4 Å². The molecule has 0 saturated carbocycles. The number of rotatable bonds is 2. The second kappa shape index (κ2) is 3.18. The van der Waals surface area contributed by atoms with Crippen LogP contribution in [0.1, 0.15) is 6.92 Å². The van der Waals surface area contributed by atoms with E-state index in [1.54, 1.807) is 7.05 Å². The molecule has 0 aromatic rings. The van der Waals surface area contributed by atoms with Gasteiger partial charge in [0.25, 0.3) is 0 Å². The maximum atomic E-state index is 5.43. The third-order valence-electron chi connectivity index (χ3n) is 1.05. The zero-order valence-electron chi connectivity index (χ0n) is 5.58. The van der Waals surface area contributed by atoms with E-state index in [9.17, 15) is 0 Å². The molecule has 48 valence electrons. The lowest BCUT2D eigenvalue weighted by molar-refractivity contribution is 0.863. The quantitative estimate of drug-likeness (QED) is 0.458. The van der Waals surface area contributed by atoms with Gasteiger partial charge in [-0.1, -0.05) is 0 Å². The van der Waals surface area contributed by atoms with Crippen molar-refractivity contribution in [1.29, 1.82) is 0 Å². The van der Waals surface area contributed by atoms with Crippen LogP contribution in [0.3, 0.4) is 0 Å². The van der Waals surface area contributed by atoms with Crippen molar-refractivity contribution in [3.05, 3.63) is 11.5 Å². The minimum Gasteiger partial charge on any atom is -0.389 e. The average molecular weight is 115 g/mol. The van der Waals surface area contributed by atoms with Crippen molar-refractivity contribution in [2.45, 2.75) is 6.92 Å². The molecule has 0 unspecified atom stereocenters. The van der Waals surface area contributed by atoms with Gasteiger partial charge in [0.2, 0.25) is 0 Å². The fourth-order valence-electron chi connectivity index (χ4n) is 0.322. The van der Waals surface area contributed by atoms with Gasteiger partial charge in [0, 0.05) is 19.8 Å². The highest BCUT2D eigenvalue weighted by Gasteiger charge is 1.87. The van der Waals surface area contributed by atoms with Crippen molar-refractivity contribution in [3.63, 3.8) is 0 Å². The summed E-state index contributed by atoms with van der Waals surface area (Å²) in [5, 5.41) is 5.72. The summed E-state index contributed by atoms with van der Waals surface area (Å²) >= 11 is 0. The van der Waals surface area contributed by atoms with Crippen molar-refractivity contribution in [2.75, 3.05) is 14.1 Å². The Balaban J connectivity index is 3.83. The largest absolute Gasteiger partial charge is 0.389 e. The molecule has 0 amide bonds. The van der Waals surface area contributed by atoms with Crippen LogP contribution in [-0.4, -0.2) is 14.1 Å². The van der Waals surface area contributed by atoms with Crippen LogP contribution in [0.4, 0.5) is 0 Å². The molecule has 4 N–H and O–H groups in total. The molecule has 0 atom stereocenters. The monoisotopic (exact) mass is 115 g/mol. The Morgan fingerprint density at radius 2 is 1.75 bits per heavy atom. The van der Waals surface area contributed by atoms with E-state index in [0.29, 0.717) is 5.82 Å². The molecule has 0 rings (SSSR count). The predicted octanol–water partition coefficient (Wildman–Crippen LogP) is -0.427. The molecular formula is C5H13N3. The van der Waals surface area contributed by atoms with Crippen LogP contribution in [0, 0.1) is 0 Å². The summed E-state index contributed by atoms with van der Waals surface area (Å²) in [5.74, 6) is 0.688. The minimum absolute atomic E-state index is 0.688. The molecule has 3 nitrogen and oxygen atoms in total.